The lowest BCUT2D eigenvalue weighted by Crippen LogP contribution is -2.27. The van der Waals surface area contributed by atoms with Gasteiger partial charge in [0.15, 0.2) is 6.29 Å². The first-order valence-corrected chi connectivity index (χ1v) is 6.82. The molecule has 22 heavy (non-hydrogen) atoms. The number of carbonyl (C=O) groups excluding carboxylic acids is 2. The van der Waals surface area contributed by atoms with E-state index >= 15 is 0 Å². The van der Waals surface area contributed by atoms with Crippen LogP contribution in [0.25, 0.3) is 11.1 Å². The molecule has 1 N–H and O–H groups in total. The van der Waals surface area contributed by atoms with Crippen LogP contribution in [0.3, 0.4) is 0 Å². The third-order valence-corrected chi connectivity index (χ3v) is 2.83. The van der Waals surface area contributed by atoms with Crippen LogP contribution in [0.15, 0.2) is 28.8 Å². The molecular formula is C16H18N2O4. The minimum absolute atomic E-state index is 0.121. The first-order valence-electron chi connectivity index (χ1n) is 6.82. The summed E-state index contributed by atoms with van der Waals surface area (Å²) >= 11 is 0. The van der Waals surface area contributed by atoms with Crippen LogP contribution in [0, 0.1) is 6.92 Å². The minimum Gasteiger partial charge on any atom is -0.444 e. The Morgan fingerprint density at radius 2 is 2.00 bits per heavy atom. The summed E-state index contributed by atoms with van der Waals surface area (Å²) in [5, 5.41) is 6.48. The van der Waals surface area contributed by atoms with Gasteiger partial charge in [0.25, 0.3) is 0 Å². The molecule has 2 aromatic rings. The number of aldehydes is 1. The number of benzene rings is 1. The molecule has 0 fully saturated rings. The zero-order chi connectivity index (χ0) is 16.3. The Labute approximate surface area is 128 Å². The molecule has 1 aromatic carbocycles. The van der Waals surface area contributed by atoms with E-state index in [1.165, 1.54) is 0 Å². The Hall–Kier alpha value is -2.63. The van der Waals surface area contributed by atoms with E-state index in [-0.39, 0.29) is 5.76 Å². The van der Waals surface area contributed by atoms with Gasteiger partial charge in [-0.25, -0.2) is 4.79 Å². The molecule has 116 valence electrons. The molecule has 0 bridgehead atoms. The van der Waals surface area contributed by atoms with E-state index in [2.05, 4.69) is 10.5 Å². The highest BCUT2D eigenvalue weighted by atomic mass is 16.6. The van der Waals surface area contributed by atoms with Gasteiger partial charge in [-0.3, -0.25) is 10.1 Å². The van der Waals surface area contributed by atoms with Gasteiger partial charge in [-0.2, -0.15) is 0 Å². The molecule has 0 unspecified atom stereocenters. The lowest BCUT2D eigenvalue weighted by molar-refractivity contribution is 0.0636. The van der Waals surface area contributed by atoms with Crippen molar-refractivity contribution in [1.82, 2.24) is 5.16 Å². The van der Waals surface area contributed by atoms with Gasteiger partial charge in [-0.1, -0.05) is 23.4 Å². The average Bonchev–Trinajstić information content (AvgIpc) is 2.78. The molecule has 1 aromatic heterocycles. The molecule has 0 atom stereocenters. The van der Waals surface area contributed by atoms with E-state index in [9.17, 15) is 9.59 Å². The molecule has 0 saturated heterocycles. The molecule has 0 radical (unpaired) electrons. The van der Waals surface area contributed by atoms with Crippen LogP contribution in [-0.4, -0.2) is 23.1 Å². The van der Waals surface area contributed by atoms with Gasteiger partial charge in [0, 0.05) is 5.56 Å². The van der Waals surface area contributed by atoms with Crippen LogP contribution in [-0.2, 0) is 4.74 Å². The summed E-state index contributed by atoms with van der Waals surface area (Å²) < 4.78 is 10.2. The van der Waals surface area contributed by atoms with Crippen LogP contribution in [0.2, 0.25) is 0 Å². The number of carbonyl (C=O) groups is 2. The van der Waals surface area contributed by atoms with Gasteiger partial charge >= 0.3 is 6.09 Å². The fourth-order valence-electron chi connectivity index (χ4n) is 2.02. The van der Waals surface area contributed by atoms with E-state index in [0.717, 1.165) is 0 Å². The van der Waals surface area contributed by atoms with Crippen molar-refractivity contribution >= 4 is 18.1 Å². The van der Waals surface area contributed by atoms with E-state index < -0.39 is 11.7 Å². The number of hydrogen-bond acceptors (Lipinski definition) is 5. The highest BCUT2D eigenvalue weighted by Gasteiger charge is 2.20. The van der Waals surface area contributed by atoms with Crippen molar-refractivity contribution < 1.29 is 18.8 Å². The lowest BCUT2D eigenvalue weighted by Gasteiger charge is -2.20. The number of aryl methyl sites for hydroxylation is 1. The number of rotatable bonds is 3. The van der Waals surface area contributed by atoms with Gasteiger partial charge in [0.2, 0.25) is 5.76 Å². The van der Waals surface area contributed by atoms with Crippen LogP contribution in [0.4, 0.5) is 10.5 Å². The number of nitrogens with zero attached hydrogens (tertiary/aromatic N) is 1. The van der Waals surface area contributed by atoms with Crippen molar-refractivity contribution in [3.63, 3.8) is 0 Å². The fourth-order valence-corrected chi connectivity index (χ4v) is 2.02. The maximum Gasteiger partial charge on any atom is 0.412 e. The lowest BCUT2D eigenvalue weighted by atomic mass is 10.0. The van der Waals surface area contributed by atoms with Crippen molar-refractivity contribution in [2.24, 2.45) is 0 Å². The summed E-state index contributed by atoms with van der Waals surface area (Å²) in [5.74, 6) is 0.121. The molecule has 6 heteroatoms. The quantitative estimate of drug-likeness (QED) is 0.872. The van der Waals surface area contributed by atoms with Gasteiger partial charge in [-0.05, 0) is 33.8 Å². The average molecular weight is 302 g/mol. The summed E-state index contributed by atoms with van der Waals surface area (Å²) in [6.45, 7) is 7.09. The topological polar surface area (TPSA) is 81.4 Å². The monoisotopic (exact) mass is 302 g/mol. The number of anilines is 1. The minimum atomic E-state index is -0.597. The predicted octanol–water partition coefficient (Wildman–Crippen LogP) is 3.81. The molecule has 0 spiro atoms. The van der Waals surface area contributed by atoms with E-state index in [1.807, 2.05) is 0 Å². The summed E-state index contributed by atoms with van der Waals surface area (Å²) in [6.07, 6.45) is 0.0290. The third-order valence-electron chi connectivity index (χ3n) is 2.83. The second-order valence-electron chi connectivity index (χ2n) is 5.80. The highest BCUT2D eigenvalue weighted by molar-refractivity contribution is 5.95. The van der Waals surface area contributed by atoms with Gasteiger partial charge in [0.05, 0.1) is 16.9 Å². The summed E-state index contributed by atoms with van der Waals surface area (Å²) in [6, 6.07) is 7.08. The smallest absolute Gasteiger partial charge is 0.412 e. The molecule has 0 aliphatic rings. The van der Waals surface area contributed by atoms with Gasteiger partial charge in [0.1, 0.15) is 5.60 Å². The predicted molar refractivity (Wildman–Crippen MR) is 81.9 cm³/mol. The first-order chi connectivity index (χ1) is 10.3. The standard InChI is InChI=1S/C16H18N2O4/c1-10-14(13(9-19)22-18-10)11-7-5-6-8-12(11)17-15(20)21-16(2,3)4/h5-9H,1-4H3,(H,17,20). The van der Waals surface area contributed by atoms with Gasteiger partial charge in [-0.15, -0.1) is 0 Å². The maximum atomic E-state index is 11.9. The van der Waals surface area contributed by atoms with Crippen molar-refractivity contribution in [3.8, 4) is 11.1 Å². The molecule has 6 nitrogen and oxygen atoms in total. The van der Waals surface area contributed by atoms with E-state index in [1.54, 1.807) is 52.0 Å². The van der Waals surface area contributed by atoms with Crippen LogP contribution >= 0.6 is 0 Å². The molecule has 0 aliphatic carbocycles. The van der Waals surface area contributed by atoms with Crippen molar-refractivity contribution in [1.29, 1.82) is 0 Å². The second kappa shape index (κ2) is 6.01. The Morgan fingerprint density at radius 1 is 1.32 bits per heavy atom. The van der Waals surface area contributed by atoms with Crippen molar-refractivity contribution in [3.05, 3.63) is 35.7 Å². The third kappa shape index (κ3) is 3.52. The molecule has 1 amide bonds. The first kappa shape index (κ1) is 15.8. The number of aromatic nitrogens is 1. The Kier molecular flexibility index (Phi) is 4.30. The zero-order valence-electron chi connectivity index (χ0n) is 13.0. The number of para-hydroxylation sites is 1. The highest BCUT2D eigenvalue weighted by Crippen LogP contribution is 2.32. The Balaban J connectivity index is 2.37. The van der Waals surface area contributed by atoms with E-state index in [0.29, 0.717) is 28.8 Å². The molecule has 2 rings (SSSR count). The number of amides is 1. The number of ether oxygens (including phenoxy) is 1. The molecule has 0 aliphatic heterocycles. The van der Waals surface area contributed by atoms with Gasteiger partial charge < -0.3 is 9.26 Å². The van der Waals surface area contributed by atoms with Crippen LogP contribution in [0.1, 0.15) is 37.0 Å². The zero-order valence-corrected chi connectivity index (χ0v) is 13.0. The largest absolute Gasteiger partial charge is 0.444 e. The van der Waals surface area contributed by atoms with E-state index in [4.69, 9.17) is 9.26 Å². The number of nitrogens with one attached hydrogen (secondary N) is 1. The number of hydrogen-bond donors (Lipinski definition) is 1. The normalized spacial score (nSPS) is 11.1. The maximum absolute atomic E-state index is 11.9. The Morgan fingerprint density at radius 3 is 2.64 bits per heavy atom. The van der Waals surface area contributed by atoms with Crippen LogP contribution < -0.4 is 5.32 Å². The van der Waals surface area contributed by atoms with Crippen molar-refractivity contribution in [2.45, 2.75) is 33.3 Å². The van der Waals surface area contributed by atoms with Crippen molar-refractivity contribution in [2.75, 3.05) is 5.32 Å². The van der Waals surface area contributed by atoms with Crippen LogP contribution in [0.5, 0.6) is 0 Å². The second-order valence-corrected chi connectivity index (χ2v) is 5.80. The molecule has 1 heterocycles. The molecular weight excluding hydrogens is 284 g/mol. The SMILES string of the molecule is Cc1noc(C=O)c1-c1ccccc1NC(=O)OC(C)(C)C. The summed E-state index contributed by atoms with van der Waals surface area (Å²) in [7, 11) is 0. The molecule has 0 saturated carbocycles. The Bertz CT molecular complexity index is 698. The fraction of sp³-hybridized carbons (Fsp3) is 0.312. The summed E-state index contributed by atoms with van der Waals surface area (Å²) in [4.78, 5) is 23.0. The summed E-state index contributed by atoms with van der Waals surface area (Å²) in [5.41, 5.74) is 1.70.